The molecule has 0 spiro atoms. The quantitative estimate of drug-likeness (QED) is 0.654. The highest BCUT2D eigenvalue weighted by Crippen LogP contribution is 2.27. The Hall–Kier alpha value is -2.20. The van der Waals surface area contributed by atoms with Crippen LogP contribution >= 0.6 is 0 Å². The molecule has 7 nitrogen and oxygen atoms in total. The fraction of sp³-hybridized carbons (Fsp3) is 0.571. The van der Waals surface area contributed by atoms with Crippen LogP contribution in [0.25, 0.3) is 0 Å². The van der Waals surface area contributed by atoms with Gasteiger partial charge in [-0.25, -0.2) is 4.98 Å². The molecule has 1 aliphatic rings. The minimum Gasteiger partial charge on any atom is -0.355 e. The van der Waals surface area contributed by atoms with Gasteiger partial charge < -0.3 is 10.2 Å². The van der Waals surface area contributed by atoms with Crippen molar-refractivity contribution in [1.82, 2.24) is 10.3 Å². The van der Waals surface area contributed by atoms with Crippen LogP contribution < -0.4 is 10.2 Å². The van der Waals surface area contributed by atoms with Crippen LogP contribution in [0.1, 0.15) is 24.8 Å². The van der Waals surface area contributed by atoms with Crippen molar-refractivity contribution in [2.45, 2.75) is 19.3 Å². The molecule has 0 aliphatic carbocycles. The standard InChI is InChI=1S/C14H19N5O2/c1-16-5-2-11-3-6-18(7-4-11)14-12(9-15)8-13(10-17-14)19(20)21/h8,10-11,16H,2-7H2,1H3. The molecule has 0 radical (unpaired) electrons. The zero-order valence-corrected chi connectivity index (χ0v) is 12.1. The average molecular weight is 289 g/mol. The van der Waals surface area contributed by atoms with Crippen LogP contribution in [0.5, 0.6) is 0 Å². The second-order valence-corrected chi connectivity index (χ2v) is 5.26. The summed E-state index contributed by atoms with van der Waals surface area (Å²) in [6.07, 6.45) is 4.50. The Balaban J connectivity index is 2.06. The molecule has 1 aliphatic heterocycles. The maximum Gasteiger partial charge on any atom is 0.289 e. The van der Waals surface area contributed by atoms with Crippen LogP contribution in [0.3, 0.4) is 0 Å². The molecule has 1 saturated heterocycles. The molecule has 2 rings (SSSR count). The van der Waals surface area contributed by atoms with Gasteiger partial charge in [-0.15, -0.1) is 0 Å². The van der Waals surface area contributed by atoms with E-state index in [1.807, 2.05) is 13.1 Å². The first-order valence-electron chi connectivity index (χ1n) is 7.09. The van der Waals surface area contributed by atoms with Crippen LogP contribution in [0.2, 0.25) is 0 Å². The number of hydrogen-bond donors (Lipinski definition) is 1. The summed E-state index contributed by atoms with van der Waals surface area (Å²) < 4.78 is 0. The maximum atomic E-state index is 10.7. The molecule has 0 atom stereocenters. The van der Waals surface area contributed by atoms with Gasteiger partial charge in [-0.3, -0.25) is 10.1 Å². The number of aromatic nitrogens is 1. The summed E-state index contributed by atoms with van der Waals surface area (Å²) in [6.45, 7) is 2.70. The summed E-state index contributed by atoms with van der Waals surface area (Å²) in [5.74, 6) is 1.26. The molecule has 0 unspecified atom stereocenters. The first-order chi connectivity index (χ1) is 10.2. The van der Waals surface area contributed by atoms with E-state index in [4.69, 9.17) is 0 Å². The van der Waals surface area contributed by atoms with Crippen LogP contribution in [-0.4, -0.2) is 36.6 Å². The van der Waals surface area contributed by atoms with Gasteiger partial charge in [-0.05, 0) is 38.8 Å². The molecule has 0 aromatic carbocycles. The van der Waals surface area contributed by atoms with E-state index < -0.39 is 4.92 Å². The van der Waals surface area contributed by atoms with E-state index in [1.165, 1.54) is 12.3 Å². The Bertz CT molecular complexity index is 547. The third-order valence-corrected chi connectivity index (χ3v) is 3.90. The van der Waals surface area contributed by atoms with Crippen molar-refractivity contribution in [3.05, 3.63) is 27.9 Å². The van der Waals surface area contributed by atoms with Gasteiger partial charge >= 0.3 is 0 Å². The SMILES string of the molecule is CNCCC1CCN(c2ncc([N+](=O)[O-])cc2C#N)CC1. The van der Waals surface area contributed by atoms with Gasteiger partial charge in [0.1, 0.15) is 23.6 Å². The number of nitriles is 1. The summed E-state index contributed by atoms with van der Waals surface area (Å²) in [4.78, 5) is 16.4. The van der Waals surface area contributed by atoms with Gasteiger partial charge in [0.05, 0.1) is 4.92 Å². The Morgan fingerprint density at radius 1 is 1.57 bits per heavy atom. The molecule has 0 bridgehead atoms. The number of hydrogen-bond acceptors (Lipinski definition) is 6. The number of nitrogens with zero attached hydrogens (tertiary/aromatic N) is 4. The summed E-state index contributed by atoms with van der Waals surface area (Å²) in [5.41, 5.74) is 0.136. The van der Waals surface area contributed by atoms with Crippen molar-refractivity contribution < 1.29 is 4.92 Å². The molecule has 1 N–H and O–H groups in total. The normalized spacial score (nSPS) is 15.7. The Kier molecular flexibility index (Phi) is 5.06. The Morgan fingerprint density at radius 3 is 2.86 bits per heavy atom. The fourth-order valence-corrected chi connectivity index (χ4v) is 2.66. The highest BCUT2D eigenvalue weighted by molar-refractivity contribution is 5.57. The van der Waals surface area contributed by atoms with E-state index in [0.29, 0.717) is 11.7 Å². The van der Waals surface area contributed by atoms with Crippen molar-refractivity contribution in [3.63, 3.8) is 0 Å². The molecule has 2 heterocycles. The largest absolute Gasteiger partial charge is 0.355 e. The molecular formula is C14H19N5O2. The van der Waals surface area contributed by atoms with Gasteiger partial charge in [-0.2, -0.15) is 5.26 Å². The van der Waals surface area contributed by atoms with Gasteiger partial charge in [-0.1, -0.05) is 0 Å². The molecular weight excluding hydrogens is 270 g/mol. The van der Waals surface area contributed by atoms with E-state index in [9.17, 15) is 15.4 Å². The van der Waals surface area contributed by atoms with E-state index >= 15 is 0 Å². The number of rotatable bonds is 5. The topological polar surface area (TPSA) is 95.1 Å². The first kappa shape index (κ1) is 15.2. The van der Waals surface area contributed by atoms with Crippen molar-refractivity contribution in [2.24, 2.45) is 5.92 Å². The summed E-state index contributed by atoms with van der Waals surface area (Å²) in [5, 5.41) is 23.1. The van der Waals surface area contributed by atoms with E-state index in [0.717, 1.165) is 38.9 Å². The molecule has 112 valence electrons. The van der Waals surface area contributed by atoms with Gasteiger partial charge in [0.25, 0.3) is 5.69 Å². The number of nitro groups is 1. The fourth-order valence-electron chi connectivity index (χ4n) is 2.66. The number of anilines is 1. The molecule has 21 heavy (non-hydrogen) atoms. The summed E-state index contributed by atoms with van der Waals surface area (Å²) >= 11 is 0. The van der Waals surface area contributed by atoms with E-state index in [-0.39, 0.29) is 11.3 Å². The third-order valence-electron chi connectivity index (χ3n) is 3.90. The predicted molar refractivity (Wildman–Crippen MR) is 79.1 cm³/mol. The minimum absolute atomic E-state index is 0.140. The first-order valence-corrected chi connectivity index (χ1v) is 7.09. The van der Waals surface area contributed by atoms with E-state index in [2.05, 4.69) is 15.2 Å². The Morgan fingerprint density at radius 2 is 2.29 bits per heavy atom. The van der Waals surface area contributed by atoms with Crippen LogP contribution in [0.15, 0.2) is 12.3 Å². The monoisotopic (exact) mass is 289 g/mol. The zero-order chi connectivity index (χ0) is 15.2. The molecule has 1 fully saturated rings. The van der Waals surface area contributed by atoms with Crippen LogP contribution in [-0.2, 0) is 0 Å². The van der Waals surface area contributed by atoms with Gasteiger partial charge in [0, 0.05) is 19.2 Å². The van der Waals surface area contributed by atoms with Crippen molar-refractivity contribution in [3.8, 4) is 6.07 Å². The highest BCUT2D eigenvalue weighted by atomic mass is 16.6. The van der Waals surface area contributed by atoms with Crippen molar-refractivity contribution in [2.75, 3.05) is 31.6 Å². The smallest absolute Gasteiger partial charge is 0.289 e. The van der Waals surface area contributed by atoms with E-state index in [1.54, 1.807) is 0 Å². The number of pyridine rings is 1. The molecule has 7 heteroatoms. The lowest BCUT2D eigenvalue weighted by Gasteiger charge is -2.33. The number of piperidine rings is 1. The van der Waals surface area contributed by atoms with Crippen molar-refractivity contribution in [1.29, 1.82) is 5.26 Å². The lowest BCUT2D eigenvalue weighted by molar-refractivity contribution is -0.385. The second kappa shape index (κ2) is 6.99. The lowest BCUT2D eigenvalue weighted by Crippen LogP contribution is -2.35. The molecule has 0 saturated carbocycles. The molecule has 0 amide bonds. The predicted octanol–water partition coefficient (Wildman–Crippen LogP) is 1.69. The average Bonchev–Trinajstić information content (AvgIpc) is 2.52. The molecule has 1 aromatic rings. The molecule has 1 aromatic heterocycles. The zero-order valence-electron chi connectivity index (χ0n) is 12.1. The van der Waals surface area contributed by atoms with Crippen LogP contribution in [0, 0.1) is 27.4 Å². The highest BCUT2D eigenvalue weighted by Gasteiger charge is 2.23. The lowest BCUT2D eigenvalue weighted by atomic mass is 9.93. The number of nitrogens with one attached hydrogen (secondary N) is 1. The van der Waals surface area contributed by atoms with Crippen molar-refractivity contribution >= 4 is 11.5 Å². The summed E-state index contributed by atoms with van der Waals surface area (Å²) in [6, 6.07) is 3.32. The Labute approximate surface area is 123 Å². The summed E-state index contributed by atoms with van der Waals surface area (Å²) in [7, 11) is 1.95. The van der Waals surface area contributed by atoms with Crippen LogP contribution in [0.4, 0.5) is 11.5 Å². The minimum atomic E-state index is -0.526. The maximum absolute atomic E-state index is 10.7. The second-order valence-electron chi connectivity index (χ2n) is 5.26. The van der Waals surface area contributed by atoms with Gasteiger partial charge in [0.15, 0.2) is 0 Å². The third kappa shape index (κ3) is 3.67. The van der Waals surface area contributed by atoms with Gasteiger partial charge in [0.2, 0.25) is 0 Å².